The molecule has 2 aromatic rings. The summed E-state index contributed by atoms with van der Waals surface area (Å²) in [5.74, 6) is -0.0172. The third-order valence-corrected chi connectivity index (χ3v) is 6.13. The van der Waals surface area contributed by atoms with E-state index in [-0.39, 0.29) is 23.1 Å². The van der Waals surface area contributed by atoms with Gasteiger partial charge < -0.3 is 16.0 Å². The molecule has 1 heterocycles. The van der Waals surface area contributed by atoms with Crippen molar-refractivity contribution in [1.29, 1.82) is 0 Å². The van der Waals surface area contributed by atoms with Crippen LogP contribution in [0.25, 0.3) is 0 Å². The maximum absolute atomic E-state index is 12.8. The van der Waals surface area contributed by atoms with Crippen LogP contribution < -0.4 is 11.1 Å². The number of nitrogens with zero attached hydrogens (tertiary/aromatic N) is 3. The van der Waals surface area contributed by atoms with E-state index in [4.69, 9.17) is 17.3 Å². The second-order valence-corrected chi connectivity index (χ2v) is 9.45. The number of amides is 2. The molecule has 1 aliphatic rings. The lowest BCUT2D eigenvalue weighted by Crippen LogP contribution is -2.42. The average Bonchev–Trinajstić information content (AvgIpc) is 3.43. The smallest absolute Gasteiger partial charge is 0.269 e. The molecule has 1 aliphatic carbocycles. The molecule has 0 atom stereocenters. The van der Waals surface area contributed by atoms with Crippen molar-refractivity contribution in [3.63, 3.8) is 0 Å². The minimum Gasteiger partial charge on any atom is -0.337 e. The monoisotopic (exact) mass is 435 g/mol. The van der Waals surface area contributed by atoms with Gasteiger partial charge in [0.25, 0.3) is 5.91 Å². The molecular formula is C20H26ClN5O2S. The van der Waals surface area contributed by atoms with E-state index >= 15 is 0 Å². The van der Waals surface area contributed by atoms with Crippen molar-refractivity contribution in [3.8, 4) is 0 Å². The highest BCUT2D eigenvalue weighted by Crippen LogP contribution is 2.33. The molecule has 2 amide bonds. The zero-order valence-corrected chi connectivity index (χ0v) is 18.4. The normalized spacial score (nSPS) is 14.0. The second kappa shape index (κ2) is 8.77. The third kappa shape index (κ3) is 5.52. The van der Waals surface area contributed by atoms with Gasteiger partial charge in [-0.25, -0.2) is 0 Å². The largest absolute Gasteiger partial charge is 0.337 e. The maximum Gasteiger partial charge on any atom is 0.269 e. The predicted molar refractivity (Wildman–Crippen MR) is 115 cm³/mol. The number of nitrogens with two attached hydrogens (primary N) is 1. The molecule has 0 spiro atoms. The van der Waals surface area contributed by atoms with Crippen LogP contribution in [0.1, 0.15) is 47.6 Å². The summed E-state index contributed by atoms with van der Waals surface area (Å²) in [7, 11) is 0. The van der Waals surface area contributed by atoms with Gasteiger partial charge in [-0.1, -0.05) is 29.9 Å². The first-order chi connectivity index (χ1) is 13.7. The minimum atomic E-state index is -0.263. The molecule has 1 aromatic heterocycles. The Balaban J connectivity index is 1.79. The lowest BCUT2D eigenvalue weighted by Gasteiger charge is -2.32. The number of hydrogen-bond acceptors (Lipinski definition) is 6. The van der Waals surface area contributed by atoms with Crippen LogP contribution in [0.2, 0.25) is 5.02 Å². The number of rotatable bonds is 8. The van der Waals surface area contributed by atoms with Crippen LogP contribution in [-0.2, 0) is 11.3 Å². The van der Waals surface area contributed by atoms with Crippen molar-refractivity contribution in [2.24, 2.45) is 17.1 Å². The van der Waals surface area contributed by atoms with Crippen molar-refractivity contribution >= 4 is 40.6 Å². The van der Waals surface area contributed by atoms with E-state index in [0.717, 1.165) is 29.9 Å². The molecule has 29 heavy (non-hydrogen) atoms. The lowest BCUT2D eigenvalue weighted by molar-refractivity contribution is -0.134. The zero-order valence-electron chi connectivity index (χ0n) is 16.9. The summed E-state index contributed by atoms with van der Waals surface area (Å²) in [5.41, 5.74) is 7.67. The number of aryl methyl sites for hydroxylation is 1. The number of nitrogens with one attached hydrogen (secondary N) is 1. The van der Waals surface area contributed by atoms with E-state index in [1.165, 1.54) is 0 Å². The standard InChI is InChI=1S/C20H26ClN5O2S/c1-12-17(29-25-24-12)18(27)23-15-6-7-16(21)14(8-15)9-26(11-20(2,3)10-22)19(28)13-4-5-13/h6-8,13H,4-5,9-11,22H2,1-3H3,(H,23,27). The molecule has 9 heteroatoms. The Morgan fingerprint density at radius 1 is 1.38 bits per heavy atom. The van der Waals surface area contributed by atoms with E-state index < -0.39 is 0 Å². The number of aromatic nitrogens is 2. The van der Waals surface area contributed by atoms with Gasteiger partial charge in [-0.3, -0.25) is 9.59 Å². The Morgan fingerprint density at radius 2 is 2.10 bits per heavy atom. The Hall–Kier alpha value is -2.03. The molecule has 1 aromatic carbocycles. The topological polar surface area (TPSA) is 101 Å². The summed E-state index contributed by atoms with van der Waals surface area (Å²) >= 11 is 7.47. The second-order valence-electron chi connectivity index (χ2n) is 8.28. The number of anilines is 1. The van der Waals surface area contributed by atoms with Crippen molar-refractivity contribution in [3.05, 3.63) is 39.4 Å². The molecule has 0 aliphatic heterocycles. The van der Waals surface area contributed by atoms with Crippen LogP contribution in [0.5, 0.6) is 0 Å². The van der Waals surface area contributed by atoms with E-state index in [0.29, 0.717) is 40.9 Å². The van der Waals surface area contributed by atoms with Crippen LogP contribution in [0.4, 0.5) is 5.69 Å². The fraction of sp³-hybridized carbons (Fsp3) is 0.500. The average molecular weight is 436 g/mol. The van der Waals surface area contributed by atoms with Gasteiger partial charge in [0.15, 0.2) is 0 Å². The predicted octanol–water partition coefficient (Wildman–Crippen LogP) is 3.48. The van der Waals surface area contributed by atoms with Crippen molar-refractivity contribution in [2.45, 2.75) is 40.2 Å². The molecular weight excluding hydrogens is 410 g/mol. The molecule has 3 rings (SSSR count). The number of hydrogen-bond donors (Lipinski definition) is 2. The Labute approximate surface area is 179 Å². The number of halogens is 1. The van der Waals surface area contributed by atoms with Gasteiger partial charge in [-0.15, -0.1) is 5.10 Å². The Morgan fingerprint density at radius 3 is 2.69 bits per heavy atom. The van der Waals surface area contributed by atoms with Gasteiger partial charge in [-0.05, 0) is 67.0 Å². The van der Waals surface area contributed by atoms with Crippen LogP contribution >= 0.6 is 23.1 Å². The molecule has 0 unspecified atom stereocenters. The van der Waals surface area contributed by atoms with Crippen LogP contribution in [0, 0.1) is 18.3 Å². The van der Waals surface area contributed by atoms with Crippen LogP contribution in [-0.4, -0.2) is 39.4 Å². The summed E-state index contributed by atoms with van der Waals surface area (Å²) in [5, 5.41) is 7.28. The molecule has 1 saturated carbocycles. The molecule has 0 saturated heterocycles. The van der Waals surface area contributed by atoms with E-state index in [1.54, 1.807) is 19.1 Å². The summed E-state index contributed by atoms with van der Waals surface area (Å²) in [6.07, 6.45) is 1.87. The van der Waals surface area contributed by atoms with Gasteiger partial charge in [0.1, 0.15) is 4.88 Å². The first kappa shape index (κ1) is 21.7. The summed E-state index contributed by atoms with van der Waals surface area (Å²) in [4.78, 5) is 27.6. The SMILES string of the molecule is Cc1nnsc1C(=O)Nc1ccc(Cl)c(CN(CC(C)(C)CN)C(=O)C2CC2)c1. The molecule has 3 N–H and O–H groups in total. The summed E-state index contributed by atoms with van der Waals surface area (Å²) < 4.78 is 3.79. The number of carbonyl (C=O) groups excluding carboxylic acids is 2. The number of benzene rings is 1. The van der Waals surface area contributed by atoms with Crippen molar-refractivity contribution < 1.29 is 9.59 Å². The van der Waals surface area contributed by atoms with E-state index in [9.17, 15) is 9.59 Å². The zero-order chi connectivity index (χ0) is 21.2. The highest BCUT2D eigenvalue weighted by atomic mass is 35.5. The van der Waals surface area contributed by atoms with E-state index in [1.807, 2.05) is 24.8 Å². The Bertz CT molecular complexity index is 910. The fourth-order valence-electron chi connectivity index (χ4n) is 2.99. The van der Waals surface area contributed by atoms with Crippen molar-refractivity contribution in [2.75, 3.05) is 18.4 Å². The van der Waals surface area contributed by atoms with Gasteiger partial charge in [-0.2, -0.15) is 0 Å². The maximum atomic E-state index is 12.8. The highest BCUT2D eigenvalue weighted by molar-refractivity contribution is 7.08. The van der Waals surface area contributed by atoms with Gasteiger partial charge in [0.2, 0.25) is 5.91 Å². The van der Waals surface area contributed by atoms with Crippen LogP contribution in [0.15, 0.2) is 18.2 Å². The third-order valence-electron chi connectivity index (χ3n) is 4.93. The van der Waals surface area contributed by atoms with Gasteiger partial charge in [0, 0.05) is 29.7 Å². The van der Waals surface area contributed by atoms with Gasteiger partial charge >= 0.3 is 0 Å². The molecule has 0 radical (unpaired) electrons. The highest BCUT2D eigenvalue weighted by Gasteiger charge is 2.35. The molecule has 0 bridgehead atoms. The summed E-state index contributed by atoms with van der Waals surface area (Å²) in [6.45, 7) is 7.24. The number of carbonyl (C=O) groups is 2. The molecule has 7 nitrogen and oxygen atoms in total. The first-order valence-corrected chi connectivity index (χ1v) is 10.7. The minimum absolute atomic E-state index is 0.104. The molecule has 156 valence electrons. The van der Waals surface area contributed by atoms with E-state index in [2.05, 4.69) is 14.9 Å². The Kier molecular flexibility index (Phi) is 6.55. The van der Waals surface area contributed by atoms with Gasteiger partial charge in [0.05, 0.1) is 5.69 Å². The first-order valence-electron chi connectivity index (χ1n) is 9.58. The van der Waals surface area contributed by atoms with Crippen LogP contribution in [0.3, 0.4) is 0 Å². The fourth-order valence-corrected chi connectivity index (χ4v) is 3.72. The van der Waals surface area contributed by atoms with Crippen molar-refractivity contribution in [1.82, 2.24) is 14.5 Å². The molecule has 1 fully saturated rings. The quantitative estimate of drug-likeness (QED) is 0.661. The lowest BCUT2D eigenvalue weighted by atomic mass is 9.92. The summed E-state index contributed by atoms with van der Waals surface area (Å²) in [6, 6.07) is 5.29.